The maximum atomic E-state index is 13.7. The summed E-state index contributed by atoms with van der Waals surface area (Å²) < 4.78 is 12.9. The Morgan fingerprint density at radius 3 is 2.44 bits per heavy atom. The van der Waals surface area contributed by atoms with E-state index in [1.165, 1.54) is 19.1 Å². The van der Waals surface area contributed by atoms with E-state index in [1.807, 2.05) is 48.7 Å². The molecule has 2 amide bonds. The average Bonchev–Trinajstić information content (AvgIpc) is 3.24. The lowest BCUT2D eigenvalue weighted by molar-refractivity contribution is -0.122. The van der Waals surface area contributed by atoms with Crippen molar-refractivity contribution in [2.75, 3.05) is 19.1 Å². The van der Waals surface area contributed by atoms with Gasteiger partial charge in [0.25, 0.3) is 11.8 Å². The molecule has 0 unspecified atom stereocenters. The standard InChI is InChI=1S/C28H23N3O4S/c1-34-20-12-13-25(35-2)24(15-20)31-27(33)22(26(32)29-28(31)36)14-19-17-30(16-18-8-4-3-5-9-18)23-11-7-6-10-21(19)23/h3-15,17H,16H2,1-2H3,(H,29,32,36). The fraction of sp³-hybridized carbons (Fsp3) is 0.107. The molecule has 7 nitrogen and oxygen atoms in total. The van der Waals surface area contributed by atoms with Gasteiger partial charge in [-0.15, -0.1) is 0 Å². The molecule has 180 valence electrons. The number of carbonyl (C=O) groups excluding carboxylic acids is 2. The molecular formula is C28H23N3O4S. The minimum Gasteiger partial charge on any atom is -0.497 e. The second-order valence-corrected chi connectivity index (χ2v) is 8.60. The van der Waals surface area contributed by atoms with E-state index in [4.69, 9.17) is 21.7 Å². The molecule has 1 aromatic heterocycles. The van der Waals surface area contributed by atoms with E-state index in [9.17, 15) is 9.59 Å². The van der Waals surface area contributed by atoms with Crippen LogP contribution < -0.4 is 19.7 Å². The van der Waals surface area contributed by atoms with Crippen molar-refractivity contribution in [2.45, 2.75) is 6.54 Å². The predicted octanol–water partition coefficient (Wildman–Crippen LogP) is 4.54. The molecule has 1 aliphatic rings. The van der Waals surface area contributed by atoms with Gasteiger partial charge in [0.2, 0.25) is 0 Å². The first kappa shape index (κ1) is 23.3. The van der Waals surface area contributed by atoms with Gasteiger partial charge in [0.05, 0.1) is 19.9 Å². The first-order valence-corrected chi connectivity index (χ1v) is 11.7. The van der Waals surface area contributed by atoms with Crippen molar-refractivity contribution >= 4 is 51.8 Å². The molecule has 3 aromatic carbocycles. The summed E-state index contributed by atoms with van der Waals surface area (Å²) in [6.07, 6.45) is 3.57. The van der Waals surface area contributed by atoms with E-state index in [1.54, 1.807) is 24.3 Å². The summed E-state index contributed by atoms with van der Waals surface area (Å²) in [5, 5.41) is 3.54. The van der Waals surface area contributed by atoms with E-state index in [2.05, 4.69) is 22.0 Å². The number of thiocarbonyl (C=S) groups is 1. The Kier molecular flexibility index (Phi) is 6.26. The first-order chi connectivity index (χ1) is 17.5. The van der Waals surface area contributed by atoms with Crippen molar-refractivity contribution in [3.05, 3.63) is 95.7 Å². The number of hydrogen-bond acceptors (Lipinski definition) is 5. The van der Waals surface area contributed by atoms with Gasteiger partial charge in [-0.25, -0.2) is 4.90 Å². The third-order valence-corrected chi connectivity index (χ3v) is 6.33. The molecule has 0 aliphatic carbocycles. The van der Waals surface area contributed by atoms with Crippen LogP contribution in [-0.4, -0.2) is 35.7 Å². The van der Waals surface area contributed by atoms with Crippen molar-refractivity contribution in [2.24, 2.45) is 0 Å². The van der Waals surface area contributed by atoms with Crippen LogP contribution in [0.15, 0.2) is 84.6 Å². The number of nitrogens with one attached hydrogen (secondary N) is 1. The molecule has 1 fully saturated rings. The lowest BCUT2D eigenvalue weighted by Crippen LogP contribution is -2.54. The van der Waals surface area contributed by atoms with Crippen molar-refractivity contribution in [1.29, 1.82) is 0 Å². The van der Waals surface area contributed by atoms with Crippen LogP contribution in [0.25, 0.3) is 17.0 Å². The van der Waals surface area contributed by atoms with Crippen molar-refractivity contribution in [3.63, 3.8) is 0 Å². The molecule has 4 aromatic rings. The smallest absolute Gasteiger partial charge is 0.270 e. The number of methoxy groups -OCH3 is 2. The molecule has 1 N–H and O–H groups in total. The van der Waals surface area contributed by atoms with E-state index in [-0.39, 0.29) is 10.7 Å². The zero-order valence-electron chi connectivity index (χ0n) is 19.7. The molecule has 0 bridgehead atoms. The highest BCUT2D eigenvalue weighted by atomic mass is 32.1. The van der Waals surface area contributed by atoms with Crippen molar-refractivity contribution in [1.82, 2.24) is 9.88 Å². The summed E-state index contributed by atoms with van der Waals surface area (Å²) in [7, 11) is 3.03. The Hall–Kier alpha value is -4.43. The molecule has 0 radical (unpaired) electrons. The topological polar surface area (TPSA) is 72.8 Å². The zero-order chi connectivity index (χ0) is 25.2. The maximum Gasteiger partial charge on any atom is 0.270 e. The van der Waals surface area contributed by atoms with E-state index >= 15 is 0 Å². The largest absolute Gasteiger partial charge is 0.497 e. The highest BCUT2D eigenvalue weighted by molar-refractivity contribution is 7.80. The summed E-state index contributed by atoms with van der Waals surface area (Å²) in [6.45, 7) is 0.655. The fourth-order valence-electron chi connectivity index (χ4n) is 4.30. The van der Waals surface area contributed by atoms with Crippen LogP contribution in [0.1, 0.15) is 11.1 Å². The molecule has 5 rings (SSSR count). The molecule has 0 spiro atoms. The molecule has 8 heteroatoms. The van der Waals surface area contributed by atoms with Crippen LogP contribution in [-0.2, 0) is 16.1 Å². The van der Waals surface area contributed by atoms with Crippen LogP contribution in [0.4, 0.5) is 5.69 Å². The number of nitrogens with zero attached hydrogens (tertiary/aromatic N) is 2. The number of ether oxygens (including phenoxy) is 2. The number of benzene rings is 3. The van der Waals surface area contributed by atoms with Crippen molar-refractivity contribution in [3.8, 4) is 11.5 Å². The third kappa shape index (κ3) is 4.23. The molecule has 1 aliphatic heterocycles. The summed E-state index contributed by atoms with van der Waals surface area (Å²) in [5.41, 5.74) is 3.25. The highest BCUT2D eigenvalue weighted by Crippen LogP contribution is 2.35. The second-order valence-electron chi connectivity index (χ2n) is 8.21. The Bertz CT molecular complexity index is 1520. The monoisotopic (exact) mass is 497 g/mol. The highest BCUT2D eigenvalue weighted by Gasteiger charge is 2.36. The number of fused-ring (bicyclic) bond motifs is 1. The SMILES string of the molecule is COc1ccc(OC)c(N2C(=O)C(=Cc3cn(Cc4ccccc4)c4ccccc34)C(=O)NC2=S)c1. The van der Waals surface area contributed by atoms with Gasteiger partial charge in [0.1, 0.15) is 17.1 Å². The molecule has 0 saturated carbocycles. The maximum absolute atomic E-state index is 13.7. The summed E-state index contributed by atoms with van der Waals surface area (Å²) in [6, 6.07) is 23.0. The molecule has 2 heterocycles. The van der Waals surface area contributed by atoms with Gasteiger partial charge < -0.3 is 14.0 Å². The molecule has 0 atom stereocenters. The lowest BCUT2D eigenvalue weighted by atomic mass is 10.1. The van der Waals surface area contributed by atoms with Gasteiger partial charge in [0.15, 0.2) is 5.11 Å². The third-order valence-electron chi connectivity index (χ3n) is 6.04. The van der Waals surface area contributed by atoms with Gasteiger partial charge in [-0.05, 0) is 42.1 Å². The van der Waals surface area contributed by atoms with Crippen LogP contribution in [0, 0.1) is 0 Å². The van der Waals surface area contributed by atoms with Crippen LogP contribution >= 0.6 is 12.2 Å². The van der Waals surface area contributed by atoms with Gasteiger partial charge >= 0.3 is 0 Å². The number of carbonyl (C=O) groups is 2. The van der Waals surface area contributed by atoms with Crippen molar-refractivity contribution < 1.29 is 19.1 Å². The van der Waals surface area contributed by atoms with Gasteiger partial charge in [-0.1, -0.05) is 48.5 Å². The lowest BCUT2D eigenvalue weighted by Gasteiger charge is -2.30. The Morgan fingerprint density at radius 2 is 1.69 bits per heavy atom. The van der Waals surface area contributed by atoms with Crippen LogP contribution in [0.2, 0.25) is 0 Å². The number of para-hydroxylation sites is 1. The zero-order valence-corrected chi connectivity index (χ0v) is 20.5. The van der Waals surface area contributed by atoms with E-state index < -0.39 is 11.8 Å². The van der Waals surface area contributed by atoms with E-state index in [0.717, 1.165) is 22.0 Å². The minimum atomic E-state index is -0.553. The Morgan fingerprint density at radius 1 is 0.944 bits per heavy atom. The molecule has 36 heavy (non-hydrogen) atoms. The number of amides is 2. The normalized spacial score (nSPS) is 14.9. The van der Waals surface area contributed by atoms with E-state index in [0.29, 0.717) is 23.7 Å². The van der Waals surface area contributed by atoms with Gasteiger partial charge in [-0.2, -0.15) is 0 Å². The second kappa shape index (κ2) is 9.67. The fourth-order valence-corrected chi connectivity index (χ4v) is 4.58. The summed E-state index contributed by atoms with van der Waals surface area (Å²) in [5.74, 6) is -0.160. The first-order valence-electron chi connectivity index (χ1n) is 11.3. The predicted molar refractivity (Wildman–Crippen MR) is 143 cm³/mol. The summed E-state index contributed by atoms with van der Waals surface area (Å²) in [4.78, 5) is 27.8. The van der Waals surface area contributed by atoms with Gasteiger partial charge in [-0.3, -0.25) is 14.9 Å². The molecule has 1 saturated heterocycles. The Labute approximate surface area is 213 Å². The summed E-state index contributed by atoms with van der Waals surface area (Å²) >= 11 is 5.37. The van der Waals surface area contributed by atoms with Crippen LogP contribution in [0.3, 0.4) is 0 Å². The minimum absolute atomic E-state index is 0.0276. The van der Waals surface area contributed by atoms with Gasteiger partial charge in [0, 0.05) is 35.3 Å². The number of aromatic nitrogens is 1. The Balaban J connectivity index is 1.59. The number of hydrogen-bond donors (Lipinski definition) is 1. The van der Waals surface area contributed by atoms with Crippen LogP contribution in [0.5, 0.6) is 11.5 Å². The molecular weight excluding hydrogens is 474 g/mol. The average molecular weight is 498 g/mol. The quantitative estimate of drug-likeness (QED) is 0.241. The number of anilines is 1. The number of rotatable bonds is 6.